The molecule has 0 fully saturated rings. The average Bonchev–Trinajstić information content (AvgIpc) is 2.86. The minimum atomic E-state index is -1.00. The van der Waals surface area contributed by atoms with Gasteiger partial charge in [0.05, 0.1) is 22.7 Å². The third kappa shape index (κ3) is 3.83. The third-order valence-electron chi connectivity index (χ3n) is 3.62. The van der Waals surface area contributed by atoms with E-state index in [0.717, 1.165) is 11.3 Å². The normalized spacial score (nSPS) is 11.0. The third-order valence-corrected chi connectivity index (χ3v) is 3.91. The molecule has 7 nitrogen and oxygen atoms in total. The number of carboxylic acid groups (broad SMARTS) is 1. The lowest BCUT2D eigenvalue weighted by molar-refractivity contribution is -0.137. The van der Waals surface area contributed by atoms with Crippen LogP contribution in [-0.4, -0.2) is 20.6 Å². The van der Waals surface area contributed by atoms with Gasteiger partial charge in [0.2, 0.25) is 0 Å². The van der Waals surface area contributed by atoms with Crippen LogP contribution in [0.15, 0.2) is 39.7 Å². The Morgan fingerprint density at radius 1 is 1.40 bits per heavy atom. The highest BCUT2D eigenvalue weighted by Gasteiger charge is 2.14. The number of carboxylic acids is 1. The first-order chi connectivity index (χ1) is 11.9. The second kappa shape index (κ2) is 6.98. The Bertz CT molecular complexity index is 975. The lowest BCUT2D eigenvalue weighted by Gasteiger charge is -2.08. The van der Waals surface area contributed by atoms with Crippen molar-refractivity contribution < 1.29 is 19.1 Å². The smallest absolute Gasteiger partial charge is 0.419 e. The van der Waals surface area contributed by atoms with Gasteiger partial charge in [-0.3, -0.25) is 14.3 Å². The molecule has 8 heteroatoms. The zero-order valence-corrected chi connectivity index (χ0v) is 14.1. The summed E-state index contributed by atoms with van der Waals surface area (Å²) in [6.07, 6.45) is 1.55. The van der Waals surface area contributed by atoms with Crippen LogP contribution in [0.25, 0.3) is 11.1 Å². The Hall–Kier alpha value is -2.80. The second-order valence-corrected chi connectivity index (χ2v) is 5.94. The lowest BCUT2D eigenvalue weighted by Crippen LogP contribution is -2.16. The van der Waals surface area contributed by atoms with Gasteiger partial charge < -0.3 is 14.3 Å². The Labute approximate surface area is 147 Å². The second-order valence-electron chi connectivity index (χ2n) is 5.53. The van der Waals surface area contributed by atoms with E-state index >= 15 is 0 Å². The maximum absolute atomic E-state index is 11.9. The van der Waals surface area contributed by atoms with Crippen molar-refractivity contribution in [2.24, 2.45) is 0 Å². The molecule has 0 bridgehead atoms. The number of ether oxygens (including phenoxy) is 1. The number of pyridine rings is 1. The molecule has 0 aliphatic carbocycles. The van der Waals surface area contributed by atoms with Crippen LogP contribution in [-0.2, 0) is 17.9 Å². The molecule has 0 aliphatic rings. The number of hydrogen-bond donors (Lipinski definition) is 1. The number of benzene rings is 1. The van der Waals surface area contributed by atoms with E-state index in [0.29, 0.717) is 16.3 Å². The number of hydrogen-bond acceptors (Lipinski definition) is 5. The molecule has 0 atom stereocenters. The van der Waals surface area contributed by atoms with Gasteiger partial charge in [-0.1, -0.05) is 17.7 Å². The number of nitrogens with zero attached hydrogens (tertiary/aromatic N) is 2. The van der Waals surface area contributed by atoms with E-state index in [-0.39, 0.29) is 25.2 Å². The molecular weight excluding hydrogens is 348 g/mol. The summed E-state index contributed by atoms with van der Waals surface area (Å²) in [6, 6.07) is 6.83. The SMILES string of the molecule is Cc1ccc(COc2cc3oc(=O)n(CCC(=O)O)c3cc2Cl)nc1. The standard InChI is InChI=1S/C17H15ClN2O5/c1-10-2-3-11(19-8-10)9-24-14-7-15-13(6-12(14)18)20(17(23)25-15)5-4-16(21)22/h2-3,6-8H,4-5,9H2,1H3,(H,21,22). The minimum absolute atomic E-state index is 0.00495. The average molecular weight is 363 g/mol. The molecule has 1 aromatic carbocycles. The molecule has 0 saturated carbocycles. The van der Waals surface area contributed by atoms with Crippen molar-refractivity contribution in [2.45, 2.75) is 26.5 Å². The first-order valence-corrected chi connectivity index (χ1v) is 7.91. The molecule has 25 heavy (non-hydrogen) atoms. The van der Waals surface area contributed by atoms with Crippen molar-refractivity contribution in [1.82, 2.24) is 9.55 Å². The Kier molecular flexibility index (Phi) is 4.76. The van der Waals surface area contributed by atoms with Crippen LogP contribution in [0.3, 0.4) is 0 Å². The molecule has 2 aromatic heterocycles. The highest BCUT2D eigenvalue weighted by atomic mass is 35.5. The number of aromatic nitrogens is 2. The molecule has 0 saturated heterocycles. The van der Waals surface area contributed by atoms with Crippen molar-refractivity contribution >= 4 is 28.7 Å². The van der Waals surface area contributed by atoms with Crippen LogP contribution in [0.4, 0.5) is 0 Å². The molecule has 0 radical (unpaired) electrons. The summed E-state index contributed by atoms with van der Waals surface area (Å²) in [5.74, 6) is -1.28. The monoisotopic (exact) mass is 362 g/mol. The predicted molar refractivity (Wildman–Crippen MR) is 91.0 cm³/mol. The summed E-state index contributed by atoms with van der Waals surface area (Å²) >= 11 is 6.22. The molecule has 3 rings (SSSR count). The van der Waals surface area contributed by atoms with E-state index < -0.39 is 11.7 Å². The van der Waals surface area contributed by atoms with Crippen molar-refractivity contribution in [3.05, 3.63) is 57.3 Å². The number of oxazole rings is 1. The van der Waals surface area contributed by atoms with Gasteiger partial charge in [0.15, 0.2) is 5.58 Å². The van der Waals surface area contributed by atoms with Crippen molar-refractivity contribution in [3.63, 3.8) is 0 Å². The Balaban J connectivity index is 1.85. The van der Waals surface area contributed by atoms with E-state index in [1.165, 1.54) is 16.7 Å². The van der Waals surface area contributed by atoms with Crippen LogP contribution in [0.2, 0.25) is 5.02 Å². The lowest BCUT2D eigenvalue weighted by atomic mass is 10.3. The Morgan fingerprint density at radius 3 is 2.88 bits per heavy atom. The van der Waals surface area contributed by atoms with Crippen molar-refractivity contribution in [2.75, 3.05) is 0 Å². The van der Waals surface area contributed by atoms with Gasteiger partial charge in [0.1, 0.15) is 12.4 Å². The van der Waals surface area contributed by atoms with Crippen LogP contribution in [0.5, 0.6) is 5.75 Å². The number of halogens is 1. The predicted octanol–water partition coefficient (Wildman–Crippen LogP) is 3.01. The molecule has 0 amide bonds. The number of aliphatic carboxylic acids is 1. The molecule has 1 N–H and O–H groups in total. The van der Waals surface area contributed by atoms with Crippen LogP contribution >= 0.6 is 11.6 Å². The highest BCUT2D eigenvalue weighted by molar-refractivity contribution is 6.32. The molecule has 0 aliphatic heterocycles. The summed E-state index contributed by atoms with van der Waals surface area (Å²) < 4.78 is 12.1. The minimum Gasteiger partial charge on any atom is -0.486 e. The van der Waals surface area contributed by atoms with E-state index in [9.17, 15) is 9.59 Å². The van der Waals surface area contributed by atoms with Gasteiger partial charge in [0.25, 0.3) is 0 Å². The first kappa shape index (κ1) is 17.0. The number of rotatable bonds is 6. The highest BCUT2D eigenvalue weighted by Crippen LogP contribution is 2.30. The zero-order chi connectivity index (χ0) is 18.0. The molecule has 0 spiro atoms. The summed E-state index contributed by atoms with van der Waals surface area (Å²) in [7, 11) is 0. The fourth-order valence-corrected chi connectivity index (χ4v) is 2.54. The van der Waals surface area contributed by atoms with Crippen LogP contribution < -0.4 is 10.5 Å². The zero-order valence-electron chi connectivity index (χ0n) is 13.4. The fourth-order valence-electron chi connectivity index (χ4n) is 2.33. The number of fused-ring (bicyclic) bond motifs is 1. The van der Waals surface area contributed by atoms with Crippen LogP contribution in [0.1, 0.15) is 17.7 Å². The molecule has 130 valence electrons. The molecule has 0 unspecified atom stereocenters. The molecule has 3 aromatic rings. The van der Waals surface area contributed by atoms with Crippen LogP contribution in [0, 0.1) is 6.92 Å². The maximum Gasteiger partial charge on any atom is 0.419 e. The summed E-state index contributed by atoms with van der Waals surface area (Å²) in [4.78, 5) is 26.8. The first-order valence-electron chi connectivity index (χ1n) is 7.53. The van der Waals surface area contributed by atoms with E-state index in [1.54, 1.807) is 6.20 Å². The van der Waals surface area contributed by atoms with Gasteiger partial charge in [-0.25, -0.2) is 4.79 Å². The molecular formula is C17H15ClN2O5. The quantitative estimate of drug-likeness (QED) is 0.724. The van der Waals surface area contributed by atoms with Crippen molar-refractivity contribution in [3.8, 4) is 5.75 Å². The largest absolute Gasteiger partial charge is 0.486 e. The summed E-state index contributed by atoms with van der Waals surface area (Å²) in [6.45, 7) is 2.17. The van der Waals surface area contributed by atoms with Gasteiger partial charge in [0, 0.05) is 18.8 Å². The Morgan fingerprint density at radius 2 is 2.20 bits per heavy atom. The van der Waals surface area contributed by atoms with Gasteiger partial charge in [-0.2, -0.15) is 0 Å². The fraction of sp³-hybridized carbons (Fsp3) is 0.235. The number of carbonyl (C=O) groups is 1. The summed E-state index contributed by atoms with van der Waals surface area (Å²) in [5, 5.41) is 9.07. The van der Waals surface area contributed by atoms with E-state index in [2.05, 4.69) is 4.98 Å². The van der Waals surface area contributed by atoms with Gasteiger partial charge in [-0.05, 0) is 24.6 Å². The number of aryl methyl sites for hydroxylation is 2. The van der Waals surface area contributed by atoms with Gasteiger partial charge in [-0.15, -0.1) is 0 Å². The van der Waals surface area contributed by atoms with E-state index in [4.69, 9.17) is 25.9 Å². The van der Waals surface area contributed by atoms with E-state index in [1.807, 2.05) is 19.1 Å². The topological polar surface area (TPSA) is 94.6 Å². The summed E-state index contributed by atoms with van der Waals surface area (Å²) in [5.41, 5.74) is 2.50. The van der Waals surface area contributed by atoms with Crippen molar-refractivity contribution in [1.29, 1.82) is 0 Å². The van der Waals surface area contributed by atoms with Gasteiger partial charge >= 0.3 is 11.7 Å². The molecule has 2 heterocycles. The maximum atomic E-state index is 11.9.